The fraction of sp³-hybridized carbons (Fsp3) is 0.500. The summed E-state index contributed by atoms with van der Waals surface area (Å²) in [4.78, 5) is 4.53. The van der Waals surface area contributed by atoms with Gasteiger partial charge in [0.1, 0.15) is 11.6 Å². The maximum absolute atomic E-state index is 13.7. The standard InChI is InChI=1S/C14H15Cl2FN2S/c1-8(15)14-18-12-5-10(16)11(17)6-13(12)19(14)7-9-3-2-4-20-9/h5-6,8-9H,2-4,7H2,1H3. The van der Waals surface area contributed by atoms with Gasteiger partial charge in [-0.1, -0.05) is 11.6 Å². The number of benzene rings is 1. The molecule has 2 aromatic rings. The molecule has 2 heterocycles. The summed E-state index contributed by atoms with van der Waals surface area (Å²) in [6, 6.07) is 3.04. The van der Waals surface area contributed by atoms with E-state index >= 15 is 0 Å². The van der Waals surface area contributed by atoms with Crippen LogP contribution in [0.5, 0.6) is 0 Å². The third-order valence-electron chi connectivity index (χ3n) is 3.59. The van der Waals surface area contributed by atoms with Crippen molar-refractivity contribution in [2.24, 2.45) is 0 Å². The molecule has 6 heteroatoms. The van der Waals surface area contributed by atoms with Gasteiger partial charge in [0, 0.05) is 17.9 Å². The minimum atomic E-state index is -0.409. The zero-order chi connectivity index (χ0) is 14.3. The lowest BCUT2D eigenvalue weighted by molar-refractivity contribution is 0.614. The van der Waals surface area contributed by atoms with Gasteiger partial charge < -0.3 is 4.57 Å². The molecule has 1 aromatic heterocycles. The van der Waals surface area contributed by atoms with E-state index in [1.165, 1.54) is 24.7 Å². The molecular weight excluding hydrogens is 318 g/mol. The Kier molecular flexibility index (Phi) is 4.16. The summed E-state index contributed by atoms with van der Waals surface area (Å²) in [5.41, 5.74) is 1.49. The van der Waals surface area contributed by atoms with Gasteiger partial charge in [-0.05, 0) is 31.6 Å². The van der Waals surface area contributed by atoms with Crippen LogP contribution in [-0.4, -0.2) is 20.6 Å². The Labute approximate surface area is 131 Å². The Hall–Kier alpha value is -0.450. The summed E-state index contributed by atoms with van der Waals surface area (Å²) >= 11 is 14.0. The summed E-state index contributed by atoms with van der Waals surface area (Å²) in [5, 5.41) is 0.446. The Morgan fingerprint density at radius 1 is 1.55 bits per heavy atom. The lowest BCUT2D eigenvalue weighted by Crippen LogP contribution is -2.13. The zero-order valence-electron chi connectivity index (χ0n) is 11.1. The quantitative estimate of drug-likeness (QED) is 0.734. The maximum Gasteiger partial charge on any atom is 0.144 e. The first-order valence-electron chi connectivity index (χ1n) is 6.67. The summed E-state index contributed by atoms with van der Waals surface area (Å²) in [7, 11) is 0. The van der Waals surface area contributed by atoms with E-state index in [4.69, 9.17) is 23.2 Å². The molecule has 3 rings (SSSR count). The third-order valence-corrected chi connectivity index (χ3v) is 5.45. The minimum Gasteiger partial charge on any atom is -0.326 e. The van der Waals surface area contributed by atoms with Crippen molar-refractivity contribution in [1.29, 1.82) is 0 Å². The van der Waals surface area contributed by atoms with Gasteiger partial charge >= 0.3 is 0 Å². The van der Waals surface area contributed by atoms with Crippen LogP contribution in [0, 0.1) is 5.82 Å². The highest BCUT2D eigenvalue weighted by molar-refractivity contribution is 8.00. The van der Waals surface area contributed by atoms with Gasteiger partial charge in [0.15, 0.2) is 0 Å². The van der Waals surface area contributed by atoms with Crippen LogP contribution >= 0.6 is 35.0 Å². The van der Waals surface area contributed by atoms with E-state index in [-0.39, 0.29) is 10.4 Å². The average Bonchev–Trinajstić information content (AvgIpc) is 3.00. The molecule has 1 saturated heterocycles. The molecule has 0 saturated carbocycles. The molecule has 1 aromatic carbocycles. The molecule has 0 radical (unpaired) electrons. The number of rotatable bonds is 3. The fourth-order valence-electron chi connectivity index (χ4n) is 2.63. The highest BCUT2D eigenvalue weighted by Crippen LogP contribution is 2.32. The Balaban J connectivity index is 2.10. The molecule has 2 nitrogen and oxygen atoms in total. The Morgan fingerprint density at radius 3 is 3.00 bits per heavy atom. The average molecular weight is 333 g/mol. The second kappa shape index (κ2) is 5.74. The van der Waals surface area contributed by atoms with Gasteiger partial charge in [-0.15, -0.1) is 11.6 Å². The topological polar surface area (TPSA) is 17.8 Å². The van der Waals surface area contributed by atoms with Crippen molar-refractivity contribution in [1.82, 2.24) is 9.55 Å². The highest BCUT2D eigenvalue weighted by Gasteiger charge is 2.22. The summed E-state index contributed by atoms with van der Waals surface area (Å²) in [5.74, 6) is 1.58. The van der Waals surface area contributed by atoms with E-state index < -0.39 is 5.82 Å². The number of hydrogen-bond acceptors (Lipinski definition) is 2. The van der Waals surface area contributed by atoms with E-state index in [2.05, 4.69) is 9.55 Å². The first-order valence-corrected chi connectivity index (χ1v) is 8.53. The number of hydrogen-bond donors (Lipinski definition) is 0. The van der Waals surface area contributed by atoms with Gasteiger partial charge in [-0.2, -0.15) is 11.8 Å². The maximum atomic E-state index is 13.7. The number of imidazole rings is 1. The molecule has 1 aliphatic heterocycles. The highest BCUT2D eigenvalue weighted by atomic mass is 35.5. The first-order chi connectivity index (χ1) is 9.56. The van der Waals surface area contributed by atoms with Gasteiger partial charge in [0.25, 0.3) is 0 Å². The van der Waals surface area contributed by atoms with E-state index in [1.54, 1.807) is 6.07 Å². The first kappa shape index (κ1) is 14.5. The van der Waals surface area contributed by atoms with Crippen LogP contribution in [0.1, 0.15) is 31.0 Å². The minimum absolute atomic E-state index is 0.103. The van der Waals surface area contributed by atoms with Crippen LogP contribution in [0.2, 0.25) is 5.02 Å². The normalized spacial score (nSPS) is 20.7. The fourth-order valence-corrected chi connectivity index (χ4v) is 4.21. The number of halogens is 3. The van der Waals surface area contributed by atoms with Crippen molar-refractivity contribution in [3.8, 4) is 0 Å². The van der Waals surface area contributed by atoms with E-state index in [1.807, 2.05) is 18.7 Å². The predicted molar refractivity (Wildman–Crippen MR) is 84.4 cm³/mol. The summed E-state index contributed by atoms with van der Waals surface area (Å²) in [6.07, 6.45) is 2.43. The van der Waals surface area contributed by atoms with Gasteiger partial charge in [0.05, 0.1) is 21.4 Å². The number of thioether (sulfide) groups is 1. The summed E-state index contributed by atoms with van der Waals surface area (Å²) in [6.45, 7) is 2.72. The Bertz CT molecular complexity index is 636. The largest absolute Gasteiger partial charge is 0.326 e. The number of alkyl halides is 1. The van der Waals surface area contributed by atoms with E-state index in [9.17, 15) is 4.39 Å². The van der Waals surface area contributed by atoms with Gasteiger partial charge in [-0.3, -0.25) is 0 Å². The molecule has 1 aliphatic rings. The Morgan fingerprint density at radius 2 is 2.35 bits per heavy atom. The van der Waals surface area contributed by atoms with Crippen molar-refractivity contribution in [2.45, 2.75) is 36.9 Å². The molecule has 0 spiro atoms. The zero-order valence-corrected chi connectivity index (χ0v) is 13.4. The molecule has 2 unspecified atom stereocenters. The van der Waals surface area contributed by atoms with E-state index in [0.29, 0.717) is 10.8 Å². The van der Waals surface area contributed by atoms with Crippen molar-refractivity contribution in [2.75, 3.05) is 5.75 Å². The molecule has 108 valence electrons. The van der Waals surface area contributed by atoms with Gasteiger partial charge in [-0.25, -0.2) is 9.37 Å². The van der Waals surface area contributed by atoms with Crippen LogP contribution in [0.4, 0.5) is 4.39 Å². The lowest BCUT2D eigenvalue weighted by atomic mass is 10.2. The molecule has 0 N–H and O–H groups in total. The second-order valence-electron chi connectivity index (χ2n) is 5.09. The van der Waals surface area contributed by atoms with Gasteiger partial charge in [0.2, 0.25) is 0 Å². The van der Waals surface area contributed by atoms with Crippen molar-refractivity contribution in [3.05, 3.63) is 28.8 Å². The molecule has 0 amide bonds. The van der Waals surface area contributed by atoms with Crippen molar-refractivity contribution >= 4 is 46.0 Å². The number of nitrogens with zero attached hydrogens (tertiary/aromatic N) is 2. The second-order valence-corrected chi connectivity index (χ2v) is 7.56. The van der Waals surface area contributed by atoms with E-state index in [0.717, 1.165) is 17.9 Å². The van der Waals surface area contributed by atoms with Crippen molar-refractivity contribution < 1.29 is 4.39 Å². The van der Waals surface area contributed by atoms with Crippen LogP contribution in [0.25, 0.3) is 11.0 Å². The molecule has 0 bridgehead atoms. The van der Waals surface area contributed by atoms with Crippen molar-refractivity contribution in [3.63, 3.8) is 0 Å². The number of fused-ring (bicyclic) bond motifs is 1. The third kappa shape index (κ3) is 2.66. The predicted octanol–water partition coefficient (Wildman–Crippen LogP) is 5.02. The molecular formula is C14H15Cl2FN2S. The van der Waals surface area contributed by atoms with Crippen LogP contribution in [0.3, 0.4) is 0 Å². The SMILES string of the molecule is CC(Cl)c1nc2cc(Cl)c(F)cc2n1CC1CCCS1. The molecule has 1 fully saturated rings. The monoisotopic (exact) mass is 332 g/mol. The van der Waals surface area contributed by atoms with Crippen LogP contribution < -0.4 is 0 Å². The smallest absolute Gasteiger partial charge is 0.144 e. The van der Waals surface area contributed by atoms with Crippen LogP contribution in [-0.2, 0) is 6.54 Å². The molecule has 2 atom stereocenters. The molecule has 20 heavy (non-hydrogen) atoms. The van der Waals surface area contributed by atoms with Crippen LogP contribution in [0.15, 0.2) is 12.1 Å². The molecule has 0 aliphatic carbocycles. The summed E-state index contributed by atoms with van der Waals surface area (Å²) < 4.78 is 15.8. The number of aromatic nitrogens is 2. The lowest BCUT2D eigenvalue weighted by Gasteiger charge is -2.14.